The molecule has 3 heterocycles. The van der Waals surface area contributed by atoms with Crippen molar-refractivity contribution in [3.8, 4) is 0 Å². The van der Waals surface area contributed by atoms with Crippen molar-refractivity contribution in [1.82, 2.24) is 10.2 Å². The van der Waals surface area contributed by atoms with Crippen LogP contribution in [0.25, 0.3) is 0 Å². The van der Waals surface area contributed by atoms with Gasteiger partial charge in [-0.25, -0.2) is 0 Å². The molecule has 1 spiro atoms. The Morgan fingerprint density at radius 1 is 1.10 bits per heavy atom. The zero-order valence-electron chi connectivity index (χ0n) is 16.8. The summed E-state index contributed by atoms with van der Waals surface area (Å²) in [7, 11) is 0. The molecule has 3 amide bonds. The van der Waals surface area contributed by atoms with Crippen molar-refractivity contribution >= 4 is 35.0 Å². The number of rotatable bonds is 4. The van der Waals surface area contributed by atoms with E-state index in [1.807, 2.05) is 30.3 Å². The lowest BCUT2D eigenvalue weighted by molar-refractivity contribution is -0.143. The van der Waals surface area contributed by atoms with Gasteiger partial charge in [0.2, 0.25) is 17.7 Å². The quantitative estimate of drug-likeness (QED) is 0.630. The molecule has 7 nitrogen and oxygen atoms in total. The van der Waals surface area contributed by atoms with Gasteiger partial charge in [-0.1, -0.05) is 54.1 Å². The number of hydrogen-bond donors (Lipinski definition) is 3. The molecule has 2 saturated heterocycles. The normalized spacial score (nSPS) is 30.0. The highest BCUT2D eigenvalue weighted by Crippen LogP contribution is 2.54. The van der Waals surface area contributed by atoms with E-state index >= 15 is 0 Å². The Labute approximate surface area is 184 Å². The van der Waals surface area contributed by atoms with Gasteiger partial charge in [-0.3, -0.25) is 24.6 Å². The summed E-state index contributed by atoms with van der Waals surface area (Å²) in [5, 5.41) is 16.7. The molecule has 5 atom stereocenters. The summed E-state index contributed by atoms with van der Waals surface area (Å²) in [6.07, 6.45) is -0.416. The van der Waals surface area contributed by atoms with E-state index in [2.05, 4.69) is 10.6 Å². The molecule has 2 aromatic rings. The Kier molecular flexibility index (Phi) is 4.66. The lowest BCUT2D eigenvalue weighted by Gasteiger charge is -2.30. The van der Waals surface area contributed by atoms with Crippen LogP contribution in [-0.4, -0.2) is 46.4 Å². The molecule has 0 radical (unpaired) electrons. The first-order valence-electron chi connectivity index (χ1n) is 10.3. The van der Waals surface area contributed by atoms with Crippen LogP contribution in [-0.2, 0) is 26.3 Å². The van der Waals surface area contributed by atoms with E-state index in [4.69, 9.17) is 11.6 Å². The number of nitrogens with one attached hydrogen (secondary N) is 2. The largest absolute Gasteiger partial charge is 0.392 e. The summed E-state index contributed by atoms with van der Waals surface area (Å²) < 4.78 is 0. The summed E-state index contributed by atoms with van der Waals surface area (Å²) in [6, 6.07) is 14.0. The highest BCUT2D eigenvalue weighted by molar-refractivity contribution is 6.35. The van der Waals surface area contributed by atoms with Crippen molar-refractivity contribution in [2.24, 2.45) is 11.8 Å². The molecule has 5 rings (SSSR count). The maximum atomic E-state index is 13.6. The van der Waals surface area contributed by atoms with Gasteiger partial charge in [0.15, 0.2) is 0 Å². The van der Waals surface area contributed by atoms with E-state index in [1.165, 1.54) is 4.90 Å². The molecule has 0 aliphatic carbocycles. The highest BCUT2D eigenvalue weighted by atomic mass is 35.5. The van der Waals surface area contributed by atoms with Crippen molar-refractivity contribution in [3.63, 3.8) is 0 Å². The summed E-state index contributed by atoms with van der Waals surface area (Å²) in [5.74, 6) is -2.97. The van der Waals surface area contributed by atoms with Crippen molar-refractivity contribution in [3.05, 3.63) is 64.7 Å². The van der Waals surface area contributed by atoms with E-state index in [0.717, 1.165) is 5.56 Å². The number of amides is 3. The highest BCUT2D eigenvalue weighted by Gasteiger charge is 2.71. The Balaban J connectivity index is 1.56. The Hall–Kier alpha value is -2.74. The Morgan fingerprint density at radius 2 is 1.84 bits per heavy atom. The maximum Gasteiger partial charge on any atom is 0.250 e. The fraction of sp³-hybridized carbons (Fsp3) is 0.348. The van der Waals surface area contributed by atoms with Gasteiger partial charge in [0.05, 0.1) is 28.6 Å². The van der Waals surface area contributed by atoms with E-state index in [9.17, 15) is 19.5 Å². The minimum absolute atomic E-state index is 0.224. The monoisotopic (exact) mass is 439 g/mol. The standard InChI is InChI=1S/C23H22ClN3O4/c1-12(28)18-16-17(21(30)27(20(16)29)11-10-13-6-3-2-4-7-13)23(26-18)14-8-5-9-15(24)19(14)25-22(23)31/h2-9,12,16-18,26,28H,10-11H2,1H3,(H,25,31)/t12-,16+,17-,18+,23-/m0/s1. The van der Waals surface area contributed by atoms with Crippen LogP contribution >= 0.6 is 11.6 Å². The summed E-state index contributed by atoms with van der Waals surface area (Å²) >= 11 is 6.30. The molecule has 0 aromatic heterocycles. The molecule has 3 aliphatic heterocycles. The first-order valence-corrected chi connectivity index (χ1v) is 10.7. The minimum Gasteiger partial charge on any atom is -0.392 e. The molecular formula is C23H22ClN3O4. The number of anilines is 1. The second-order valence-corrected chi connectivity index (χ2v) is 8.81. The molecule has 3 N–H and O–H groups in total. The van der Waals surface area contributed by atoms with Crippen LogP contribution in [0.15, 0.2) is 48.5 Å². The Morgan fingerprint density at radius 3 is 2.55 bits per heavy atom. The fourth-order valence-electron chi connectivity index (χ4n) is 5.30. The van der Waals surface area contributed by atoms with Crippen molar-refractivity contribution in [2.45, 2.75) is 31.0 Å². The van der Waals surface area contributed by atoms with Crippen molar-refractivity contribution in [1.29, 1.82) is 0 Å². The molecule has 0 saturated carbocycles. The molecule has 2 fully saturated rings. The number of para-hydroxylation sites is 1. The van der Waals surface area contributed by atoms with Gasteiger partial charge in [0, 0.05) is 18.2 Å². The number of aliphatic hydroxyl groups is 1. The number of nitrogens with zero attached hydrogens (tertiary/aromatic N) is 1. The number of aliphatic hydroxyl groups excluding tert-OH is 1. The van der Waals surface area contributed by atoms with Crippen molar-refractivity contribution in [2.75, 3.05) is 11.9 Å². The number of imide groups is 1. The summed E-state index contributed by atoms with van der Waals surface area (Å²) in [4.78, 5) is 41.4. The minimum atomic E-state index is -1.44. The van der Waals surface area contributed by atoms with Crippen LogP contribution in [0.2, 0.25) is 5.02 Å². The molecule has 31 heavy (non-hydrogen) atoms. The fourth-order valence-corrected chi connectivity index (χ4v) is 5.53. The number of carbonyl (C=O) groups is 3. The SMILES string of the molecule is C[C@H](O)[C@H]1N[C@]2(C(=O)Nc3c(Cl)cccc32)[C@@H]2C(=O)N(CCc3ccccc3)C(=O)[C@@H]12. The molecule has 2 aromatic carbocycles. The van der Waals surface area contributed by atoms with Gasteiger partial charge < -0.3 is 10.4 Å². The van der Waals surface area contributed by atoms with E-state index in [1.54, 1.807) is 25.1 Å². The maximum absolute atomic E-state index is 13.6. The lowest BCUT2D eigenvalue weighted by Crippen LogP contribution is -2.54. The smallest absolute Gasteiger partial charge is 0.250 e. The predicted octanol–water partition coefficient (Wildman–Crippen LogP) is 1.68. The molecule has 160 valence electrons. The number of carbonyl (C=O) groups excluding carboxylic acids is 3. The molecule has 0 unspecified atom stereocenters. The van der Waals surface area contributed by atoms with Crippen LogP contribution < -0.4 is 10.6 Å². The molecule has 3 aliphatic rings. The van der Waals surface area contributed by atoms with E-state index < -0.39 is 41.3 Å². The first kappa shape index (κ1) is 20.2. The zero-order chi connectivity index (χ0) is 21.9. The van der Waals surface area contributed by atoms with Crippen LogP contribution in [0.5, 0.6) is 0 Å². The molecule has 8 heteroatoms. The van der Waals surface area contributed by atoms with Crippen molar-refractivity contribution < 1.29 is 19.5 Å². The van der Waals surface area contributed by atoms with Gasteiger partial charge in [-0.05, 0) is 25.0 Å². The lowest BCUT2D eigenvalue weighted by atomic mass is 9.76. The summed E-state index contributed by atoms with van der Waals surface area (Å²) in [5.41, 5.74) is 0.542. The van der Waals surface area contributed by atoms with Crippen LogP contribution in [0, 0.1) is 11.8 Å². The van der Waals surface area contributed by atoms with E-state index in [0.29, 0.717) is 22.7 Å². The first-order chi connectivity index (χ1) is 14.9. The second-order valence-electron chi connectivity index (χ2n) is 8.40. The predicted molar refractivity (Wildman–Crippen MR) is 114 cm³/mol. The van der Waals surface area contributed by atoms with Gasteiger partial charge in [0.1, 0.15) is 5.54 Å². The van der Waals surface area contributed by atoms with Crippen LogP contribution in [0.4, 0.5) is 5.69 Å². The number of hydrogen-bond acceptors (Lipinski definition) is 5. The summed E-state index contributed by atoms with van der Waals surface area (Å²) in [6.45, 7) is 1.78. The molecule has 0 bridgehead atoms. The number of benzene rings is 2. The third kappa shape index (κ3) is 2.77. The van der Waals surface area contributed by atoms with Crippen LogP contribution in [0.1, 0.15) is 18.1 Å². The van der Waals surface area contributed by atoms with Gasteiger partial charge in [-0.2, -0.15) is 0 Å². The third-order valence-corrected chi connectivity index (χ3v) is 7.03. The number of fused-ring (bicyclic) bond motifs is 4. The average molecular weight is 440 g/mol. The van der Waals surface area contributed by atoms with Gasteiger partial charge >= 0.3 is 0 Å². The Bertz CT molecular complexity index is 1090. The average Bonchev–Trinajstić information content (AvgIpc) is 3.34. The number of likely N-dealkylation sites (tertiary alicyclic amines) is 1. The van der Waals surface area contributed by atoms with Crippen LogP contribution in [0.3, 0.4) is 0 Å². The zero-order valence-corrected chi connectivity index (χ0v) is 17.6. The second kappa shape index (κ2) is 7.15. The van der Waals surface area contributed by atoms with Gasteiger partial charge in [0.25, 0.3) is 0 Å². The molecular weight excluding hydrogens is 418 g/mol. The van der Waals surface area contributed by atoms with E-state index in [-0.39, 0.29) is 12.5 Å². The number of halogens is 1. The topological polar surface area (TPSA) is 98.7 Å². The third-order valence-electron chi connectivity index (χ3n) is 6.71. The van der Waals surface area contributed by atoms with Gasteiger partial charge in [-0.15, -0.1) is 0 Å².